The number of rotatable bonds is 4. The first kappa shape index (κ1) is 12.1. The van der Waals surface area contributed by atoms with E-state index < -0.39 is 0 Å². The van der Waals surface area contributed by atoms with Crippen LogP contribution in [0.4, 0.5) is 0 Å². The van der Waals surface area contributed by atoms with E-state index >= 15 is 0 Å². The first-order valence-corrected chi connectivity index (χ1v) is 6.27. The topological polar surface area (TPSA) is 35.2 Å². The fourth-order valence-corrected chi connectivity index (χ4v) is 1.99. The number of para-hydroxylation sites is 1. The summed E-state index contributed by atoms with van der Waals surface area (Å²) in [6, 6.07) is 17.8. The van der Waals surface area contributed by atoms with Crippen LogP contribution in [0.15, 0.2) is 59.1 Å². The van der Waals surface area contributed by atoms with Gasteiger partial charge in [0.15, 0.2) is 0 Å². The molecule has 0 aliphatic rings. The van der Waals surface area contributed by atoms with E-state index in [1.54, 1.807) is 0 Å². The Kier molecular flexibility index (Phi) is 4.18. The quantitative estimate of drug-likeness (QED) is 0.935. The second-order valence-corrected chi connectivity index (χ2v) is 4.54. The first-order valence-electron chi connectivity index (χ1n) is 5.47. The summed E-state index contributed by atoms with van der Waals surface area (Å²) >= 11 is 3.46. The van der Waals surface area contributed by atoms with Crippen LogP contribution in [0.25, 0.3) is 0 Å². The molecule has 2 nitrogen and oxygen atoms in total. The Morgan fingerprint density at radius 3 is 2.29 bits per heavy atom. The Hall–Kier alpha value is -1.32. The van der Waals surface area contributed by atoms with Gasteiger partial charge in [0, 0.05) is 6.54 Å². The average molecular weight is 292 g/mol. The Morgan fingerprint density at radius 1 is 1.00 bits per heavy atom. The molecule has 0 aliphatic carbocycles. The molecule has 3 heteroatoms. The number of nitrogens with two attached hydrogens (primary N) is 1. The van der Waals surface area contributed by atoms with Gasteiger partial charge in [-0.15, -0.1) is 0 Å². The molecule has 17 heavy (non-hydrogen) atoms. The maximum Gasteiger partial charge on any atom is 0.136 e. The van der Waals surface area contributed by atoms with E-state index in [1.807, 2.05) is 54.6 Å². The van der Waals surface area contributed by atoms with E-state index in [4.69, 9.17) is 10.5 Å². The summed E-state index contributed by atoms with van der Waals surface area (Å²) in [7, 11) is 0. The van der Waals surface area contributed by atoms with Crippen LogP contribution in [0.3, 0.4) is 0 Å². The minimum absolute atomic E-state index is 0.116. The van der Waals surface area contributed by atoms with Gasteiger partial charge >= 0.3 is 0 Å². The summed E-state index contributed by atoms with van der Waals surface area (Å²) in [5.74, 6) is 0.812. The van der Waals surface area contributed by atoms with E-state index in [0.29, 0.717) is 6.54 Å². The highest BCUT2D eigenvalue weighted by molar-refractivity contribution is 9.10. The molecule has 0 aromatic heterocycles. The molecular formula is C14H14BrNO. The van der Waals surface area contributed by atoms with Crippen molar-refractivity contribution in [1.82, 2.24) is 0 Å². The highest BCUT2D eigenvalue weighted by Gasteiger charge is 2.12. The first-order chi connectivity index (χ1) is 8.31. The van der Waals surface area contributed by atoms with Crippen molar-refractivity contribution in [3.05, 3.63) is 64.6 Å². The lowest BCUT2D eigenvalue weighted by Gasteiger charge is -2.18. The third-order valence-corrected chi connectivity index (χ3v) is 3.15. The SMILES string of the molecule is NCC(Oc1ccccc1Br)c1ccccc1. The fourth-order valence-electron chi connectivity index (χ4n) is 1.61. The summed E-state index contributed by atoms with van der Waals surface area (Å²) in [5, 5.41) is 0. The molecule has 0 fully saturated rings. The lowest BCUT2D eigenvalue weighted by atomic mass is 10.1. The van der Waals surface area contributed by atoms with Gasteiger partial charge in [0.25, 0.3) is 0 Å². The predicted molar refractivity (Wildman–Crippen MR) is 73.0 cm³/mol. The highest BCUT2D eigenvalue weighted by atomic mass is 79.9. The molecule has 0 aliphatic heterocycles. The van der Waals surface area contributed by atoms with Crippen LogP contribution >= 0.6 is 15.9 Å². The van der Waals surface area contributed by atoms with Crippen LogP contribution < -0.4 is 10.5 Å². The molecule has 2 aromatic carbocycles. The largest absolute Gasteiger partial charge is 0.483 e. The fraction of sp³-hybridized carbons (Fsp3) is 0.143. The molecule has 0 heterocycles. The van der Waals surface area contributed by atoms with Gasteiger partial charge in [-0.1, -0.05) is 42.5 Å². The molecule has 88 valence electrons. The van der Waals surface area contributed by atoms with Gasteiger partial charge in [-0.05, 0) is 33.6 Å². The summed E-state index contributed by atoms with van der Waals surface area (Å²) in [5.41, 5.74) is 6.85. The molecular weight excluding hydrogens is 278 g/mol. The van der Waals surface area contributed by atoms with Gasteiger partial charge in [-0.2, -0.15) is 0 Å². The van der Waals surface area contributed by atoms with E-state index in [-0.39, 0.29) is 6.10 Å². The third-order valence-electron chi connectivity index (χ3n) is 2.49. The molecule has 0 radical (unpaired) electrons. The summed E-state index contributed by atoms with van der Waals surface area (Å²) in [6.07, 6.45) is -0.116. The smallest absolute Gasteiger partial charge is 0.136 e. The van der Waals surface area contributed by atoms with Crippen LogP contribution in [0.2, 0.25) is 0 Å². The predicted octanol–water partition coefficient (Wildman–Crippen LogP) is 3.53. The van der Waals surface area contributed by atoms with Crippen molar-refractivity contribution in [2.45, 2.75) is 6.10 Å². The summed E-state index contributed by atoms with van der Waals surface area (Å²) < 4.78 is 6.85. The third kappa shape index (κ3) is 3.08. The standard InChI is InChI=1S/C14H14BrNO/c15-12-8-4-5-9-13(12)17-14(10-16)11-6-2-1-3-7-11/h1-9,14H,10,16H2. The van der Waals surface area contributed by atoms with Crippen molar-refractivity contribution in [1.29, 1.82) is 0 Å². The Bertz CT molecular complexity index is 473. The van der Waals surface area contributed by atoms with Crippen molar-refractivity contribution in [3.63, 3.8) is 0 Å². The van der Waals surface area contributed by atoms with Gasteiger partial charge in [-0.25, -0.2) is 0 Å². The van der Waals surface area contributed by atoms with Crippen LogP contribution in [0.5, 0.6) is 5.75 Å². The number of ether oxygens (including phenoxy) is 1. The molecule has 1 unspecified atom stereocenters. The zero-order valence-corrected chi connectivity index (χ0v) is 10.9. The molecule has 2 aromatic rings. The van der Waals surface area contributed by atoms with E-state index in [0.717, 1.165) is 15.8 Å². The molecule has 0 amide bonds. The van der Waals surface area contributed by atoms with E-state index in [2.05, 4.69) is 15.9 Å². The van der Waals surface area contributed by atoms with Gasteiger partial charge in [-0.3, -0.25) is 0 Å². The van der Waals surface area contributed by atoms with E-state index in [1.165, 1.54) is 0 Å². The molecule has 0 saturated heterocycles. The van der Waals surface area contributed by atoms with Crippen LogP contribution in [-0.4, -0.2) is 6.54 Å². The van der Waals surface area contributed by atoms with Crippen molar-refractivity contribution >= 4 is 15.9 Å². The zero-order valence-electron chi connectivity index (χ0n) is 9.34. The maximum absolute atomic E-state index is 5.91. The minimum atomic E-state index is -0.116. The minimum Gasteiger partial charge on any atom is -0.483 e. The summed E-state index contributed by atoms with van der Waals surface area (Å²) in [4.78, 5) is 0. The molecule has 0 saturated carbocycles. The maximum atomic E-state index is 5.91. The molecule has 2 rings (SSSR count). The van der Waals surface area contributed by atoms with Gasteiger partial charge in [0.05, 0.1) is 4.47 Å². The van der Waals surface area contributed by atoms with Crippen LogP contribution in [-0.2, 0) is 0 Å². The molecule has 0 bridgehead atoms. The Balaban J connectivity index is 2.19. The van der Waals surface area contributed by atoms with Gasteiger partial charge in [0.1, 0.15) is 11.9 Å². The summed E-state index contributed by atoms with van der Waals surface area (Å²) in [6.45, 7) is 0.450. The molecule has 2 N–H and O–H groups in total. The van der Waals surface area contributed by atoms with Crippen LogP contribution in [0, 0.1) is 0 Å². The lowest BCUT2D eigenvalue weighted by molar-refractivity contribution is 0.213. The average Bonchev–Trinajstić information content (AvgIpc) is 2.39. The Morgan fingerprint density at radius 2 is 1.65 bits per heavy atom. The monoisotopic (exact) mass is 291 g/mol. The number of hydrogen-bond donors (Lipinski definition) is 1. The van der Waals surface area contributed by atoms with E-state index in [9.17, 15) is 0 Å². The Labute approximate surface area is 110 Å². The highest BCUT2D eigenvalue weighted by Crippen LogP contribution is 2.28. The van der Waals surface area contributed by atoms with Gasteiger partial charge in [0.2, 0.25) is 0 Å². The van der Waals surface area contributed by atoms with Crippen molar-refractivity contribution < 1.29 is 4.74 Å². The molecule has 1 atom stereocenters. The van der Waals surface area contributed by atoms with Crippen molar-refractivity contribution in [3.8, 4) is 5.75 Å². The van der Waals surface area contributed by atoms with Crippen LogP contribution in [0.1, 0.15) is 11.7 Å². The lowest BCUT2D eigenvalue weighted by Crippen LogP contribution is -2.18. The second-order valence-electron chi connectivity index (χ2n) is 3.68. The van der Waals surface area contributed by atoms with Gasteiger partial charge < -0.3 is 10.5 Å². The number of benzene rings is 2. The second kappa shape index (κ2) is 5.84. The number of halogens is 1. The zero-order chi connectivity index (χ0) is 12.1. The molecule has 0 spiro atoms. The van der Waals surface area contributed by atoms with Crippen molar-refractivity contribution in [2.24, 2.45) is 5.73 Å². The normalized spacial score (nSPS) is 12.1. The van der Waals surface area contributed by atoms with Crippen molar-refractivity contribution in [2.75, 3.05) is 6.54 Å². The number of hydrogen-bond acceptors (Lipinski definition) is 2.